The molecular formula is C14H19N5O2. The van der Waals surface area contributed by atoms with Gasteiger partial charge in [0.15, 0.2) is 5.82 Å². The molecule has 0 aliphatic carbocycles. The summed E-state index contributed by atoms with van der Waals surface area (Å²) in [7, 11) is 1.60. The van der Waals surface area contributed by atoms with Gasteiger partial charge in [0, 0.05) is 24.7 Å². The molecular weight excluding hydrogens is 270 g/mol. The lowest BCUT2D eigenvalue weighted by Crippen LogP contribution is -2.25. The summed E-state index contributed by atoms with van der Waals surface area (Å²) in [6.07, 6.45) is 3.72. The maximum Gasteiger partial charge on any atom is 0.229 e. The first kappa shape index (κ1) is 13.8. The van der Waals surface area contributed by atoms with Crippen LogP contribution in [0.2, 0.25) is 0 Å². The van der Waals surface area contributed by atoms with Gasteiger partial charge in [-0.2, -0.15) is 9.97 Å². The van der Waals surface area contributed by atoms with E-state index in [0.717, 1.165) is 19.4 Å². The molecule has 21 heavy (non-hydrogen) atoms. The second-order valence-electron chi connectivity index (χ2n) is 5.40. The Hall–Kier alpha value is -2.18. The monoisotopic (exact) mass is 289 g/mol. The molecule has 1 saturated heterocycles. The highest BCUT2D eigenvalue weighted by Crippen LogP contribution is 2.33. The minimum Gasteiger partial charge on any atom is -0.481 e. The summed E-state index contributed by atoms with van der Waals surface area (Å²) in [4.78, 5) is 15.3. The van der Waals surface area contributed by atoms with Crippen LogP contribution >= 0.6 is 0 Å². The van der Waals surface area contributed by atoms with Crippen LogP contribution in [0, 0.1) is 0 Å². The van der Waals surface area contributed by atoms with Crippen molar-refractivity contribution in [3.05, 3.63) is 24.0 Å². The third-order valence-corrected chi connectivity index (χ3v) is 3.59. The van der Waals surface area contributed by atoms with Gasteiger partial charge in [0.2, 0.25) is 17.7 Å². The van der Waals surface area contributed by atoms with Gasteiger partial charge in [0.25, 0.3) is 0 Å². The fraction of sp³-hybridized carbons (Fsp3) is 0.571. The SMILES string of the molecule is COc1ccnc(N2CCCC2c2noc(C(C)C)n2)n1. The summed E-state index contributed by atoms with van der Waals surface area (Å²) in [5.74, 6) is 2.81. The molecule has 3 rings (SSSR count). The van der Waals surface area contributed by atoms with Gasteiger partial charge in [-0.15, -0.1) is 0 Å². The number of methoxy groups -OCH3 is 1. The van der Waals surface area contributed by atoms with E-state index in [2.05, 4.69) is 25.0 Å². The molecule has 1 unspecified atom stereocenters. The van der Waals surface area contributed by atoms with Gasteiger partial charge in [0.05, 0.1) is 13.2 Å². The molecule has 0 saturated carbocycles. The highest BCUT2D eigenvalue weighted by Gasteiger charge is 2.32. The van der Waals surface area contributed by atoms with Gasteiger partial charge in [-0.1, -0.05) is 19.0 Å². The molecule has 1 aliphatic heterocycles. The number of aromatic nitrogens is 4. The standard InChI is InChI=1S/C14H19N5O2/c1-9(2)13-17-12(18-21-13)10-5-4-8-19(10)14-15-7-6-11(16-14)20-3/h6-7,9-10H,4-5,8H2,1-3H3. The Morgan fingerprint density at radius 1 is 1.38 bits per heavy atom. The molecule has 7 heteroatoms. The fourth-order valence-electron chi connectivity index (χ4n) is 2.48. The van der Waals surface area contributed by atoms with Crippen LogP contribution in [0.15, 0.2) is 16.8 Å². The summed E-state index contributed by atoms with van der Waals surface area (Å²) in [6.45, 7) is 4.95. The number of anilines is 1. The van der Waals surface area contributed by atoms with Gasteiger partial charge >= 0.3 is 0 Å². The van der Waals surface area contributed by atoms with Crippen molar-refractivity contribution in [3.8, 4) is 5.88 Å². The minimum absolute atomic E-state index is 0.0633. The molecule has 0 N–H and O–H groups in total. The molecule has 112 valence electrons. The quantitative estimate of drug-likeness (QED) is 0.854. The molecule has 1 atom stereocenters. The average molecular weight is 289 g/mol. The summed E-state index contributed by atoms with van der Waals surface area (Å²) >= 11 is 0. The molecule has 7 nitrogen and oxygen atoms in total. The highest BCUT2D eigenvalue weighted by atomic mass is 16.5. The van der Waals surface area contributed by atoms with Gasteiger partial charge in [-0.05, 0) is 12.8 Å². The first-order chi connectivity index (χ1) is 10.2. The zero-order valence-corrected chi connectivity index (χ0v) is 12.5. The summed E-state index contributed by atoms with van der Waals surface area (Å²) in [5, 5.41) is 4.12. The van der Waals surface area contributed by atoms with E-state index in [1.54, 1.807) is 19.4 Å². The van der Waals surface area contributed by atoms with E-state index in [9.17, 15) is 0 Å². The van der Waals surface area contributed by atoms with Crippen LogP contribution in [0.5, 0.6) is 5.88 Å². The van der Waals surface area contributed by atoms with Gasteiger partial charge in [0.1, 0.15) is 0 Å². The van der Waals surface area contributed by atoms with Crippen LogP contribution in [0.4, 0.5) is 5.95 Å². The second-order valence-corrected chi connectivity index (χ2v) is 5.40. The predicted molar refractivity (Wildman–Crippen MR) is 76.3 cm³/mol. The van der Waals surface area contributed by atoms with E-state index < -0.39 is 0 Å². The third kappa shape index (κ3) is 2.68. The first-order valence-corrected chi connectivity index (χ1v) is 7.16. The van der Waals surface area contributed by atoms with Crippen molar-refractivity contribution in [1.29, 1.82) is 0 Å². The average Bonchev–Trinajstić information content (AvgIpc) is 3.15. The van der Waals surface area contributed by atoms with Crippen molar-refractivity contribution in [2.24, 2.45) is 0 Å². The molecule has 2 aromatic rings. The summed E-state index contributed by atoms with van der Waals surface area (Å²) in [5.41, 5.74) is 0. The van der Waals surface area contributed by atoms with E-state index in [1.165, 1.54) is 0 Å². The predicted octanol–water partition coefficient (Wildman–Crippen LogP) is 2.33. The number of ether oxygens (including phenoxy) is 1. The van der Waals surface area contributed by atoms with E-state index in [0.29, 0.717) is 23.5 Å². The fourth-order valence-corrected chi connectivity index (χ4v) is 2.48. The summed E-state index contributed by atoms with van der Waals surface area (Å²) < 4.78 is 10.5. The van der Waals surface area contributed by atoms with Crippen molar-refractivity contribution >= 4 is 5.95 Å². The lowest BCUT2D eigenvalue weighted by molar-refractivity contribution is 0.357. The largest absolute Gasteiger partial charge is 0.481 e. The van der Waals surface area contributed by atoms with Crippen molar-refractivity contribution in [3.63, 3.8) is 0 Å². The van der Waals surface area contributed by atoms with E-state index in [1.807, 2.05) is 13.8 Å². The molecule has 0 radical (unpaired) electrons. The number of nitrogens with zero attached hydrogens (tertiary/aromatic N) is 5. The molecule has 1 aliphatic rings. The van der Waals surface area contributed by atoms with E-state index in [4.69, 9.17) is 9.26 Å². The van der Waals surface area contributed by atoms with Gasteiger partial charge in [-0.3, -0.25) is 0 Å². The van der Waals surface area contributed by atoms with Crippen molar-refractivity contribution < 1.29 is 9.26 Å². The van der Waals surface area contributed by atoms with Gasteiger partial charge < -0.3 is 14.2 Å². The van der Waals surface area contributed by atoms with Gasteiger partial charge in [-0.25, -0.2) is 4.98 Å². The maximum atomic E-state index is 5.31. The molecule has 0 spiro atoms. The Morgan fingerprint density at radius 3 is 2.95 bits per heavy atom. The molecule has 0 amide bonds. The van der Waals surface area contributed by atoms with E-state index >= 15 is 0 Å². The zero-order valence-electron chi connectivity index (χ0n) is 12.5. The van der Waals surface area contributed by atoms with Crippen LogP contribution in [0.3, 0.4) is 0 Å². The molecule has 0 aromatic carbocycles. The normalized spacial score (nSPS) is 18.5. The van der Waals surface area contributed by atoms with Crippen LogP contribution < -0.4 is 9.64 Å². The topological polar surface area (TPSA) is 77.2 Å². The Labute approximate surface area is 123 Å². The van der Waals surface area contributed by atoms with Crippen molar-refractivity contribution in [2.45, 2.75) is 38.6 Å². The molecule has 1 fully saturated rings. The van der Waals surface area contributed by atoms with Crippen molar-refractivity contribution in [2.75, 3.05) is 18.6 Å². The highest BCUT2D eigenvalue weighted by molar-refractivity contribution is 5.36. The van der Waals surface area contributed by atoms with E-state index in [-0.39, 0.29) is 12.0 Å². The molecule has 3 heterocycles. The molecule has 2 aromatic heterocycles. The van der Waals surface area contributed by atoms with Crippen molar-refractivity contribution in [1.82, 2.24) is 20.1 Å². The second kappa shape index (κ2) is 5.67. The Balaban J connectivity index is 1.87. The number of hydrogen-bond donors (Lipinski definition) is 0. The van der Waals surface area contributed by atoms with Crippen LogP contribution in [0.1, 0.15) is 50.4 Å². The maximum absolute atomic E-state index is 5.31. The smallest absolute Gasteiger partial charge is 0.229 e. The van der Waals surface area contributed by atoms with Crippen LogP contribution in [-0.2, 0) is 0 Å². The van der Waals surface area contributed by atoms with Crippen LogP contribution in [0.25, 0.3) is 0 Å². The third-order valence-electron chi connectivity index (χ3n) is 3.59. The van der Waals surface area contributed by atoms with Crippen LogP contribution in [-0.4, -0.2) is 33.8 Å². The minimum atomic E-state index is 0.0633. The first-order valence-electron chi connectivity index (χ1n) is 7.16. The number of hydrogen-bond acceptors (Lipinski definition) is 7. The zero-order chi connectivity index (χ0) is 14.8. The Kier molecular flexibility index (Phi) is 3.72. The Bertz CT molecular complexity index is 613. The molecule has 0 bridgehead atoms. The number of rotatable bonds is 4. The lowest BCUT2D eigenvalue weighted by atomic mass is 10.2. The summed E-state index contributed by atoms with van der Waals surface area (Å²) in [6, 6.07) is 1.80. The lowest BCUT2D eigenvalue weighted by Gasteiger charge is -2.22. The Morgan fingerprint density at radius 2 is 2.24 bits per heavy atom.